The molecule has 1 N–H and O–H groups in total. The molecule has 1 heterocycles. The van der Waals surface area contributed by atoms with Crippen LogP contribution in [0.1, 0.15) is 37.6 Å². The highest BCUT2D eigenvalue weighted by Crippen LogP contribution is 2.18. The number of nitrogens with one attached hydrogen (secondary N) is 1. The fourth-order valence-corrected chi connectivity index (χ4v) is 5.16. The van der Waals surface area contributed by atoms with E-state index >= 15 is 0 Å². The molecule has 1 aliphatic rings. The minimum absolute atomic E-state index is 0.0497. The molecule has 0 aromatic heterocycles. The van der Waals surface area contributed by atoms with Gasteiger partial charge < -0.3 is 19.7 Å². The van der Waals surface area contributed by atoms with Crippen molar-refractivity contribution in [3.8, 4) is 5.75 Å². The fourth-order valence-electron chi connectivity index (χ4n) is 3.43. The number of amides is 2. The van der Waals surface area contributed by atoms with E-state index in [2.05, 4.69) is 5.32 Å². The van der Waals surface area contributed by atoms with Crippen LogP contribution in [0, 0.1) is 5.92 Å². The first-order valence-corrected chi connectivity index (χ1v) is 12.0. The van der Waals surface area contributed by atoms with Crippen LogP contribution in [0.25, 0.3) is 0 Å². The number of likely N-dealkylation sites (N-methyl/N-ethyl adjacent to an activating group) is 1. The van der Waals surface area contributed by atoms with E-state index in [1.165, 1.54) is 12.0 Å². The highest BCUT2D eigenvalue weighted by molar-refractivity contribution is 7.91. The lowest BCUT2D eigenvalue weighted by Gasteiger charge is -2.27. The Morgan fingerprint density at radius 2 is 1.84 bits per heavy atom. The topological polar surface area (TPSA) is 119 Å². The highest BCUT2D eigenvalue weighted by atomic mass is 32.2. The van der Waals surface area contributed by atoms with Crippen LogP contribution in [0.15, 0.2) is 24.3 Å². The Hall–Kier alpha value is -2.62. The Balaban J connectivity index is 1.96. The summed E-state index contributed by atoms with van der Waals surface area (Å²) >= 11 is 0. The van der Waals surface area contributed by atoms with Crippen molar-refractivity contribution in [3.05, 3.63) is 29.8 Å². The number of sulfone groups is 1. The maximum Gasteiger partial charge on any atom is 0.329 e. The smallest absolute Gasteiger partial charge is 0.329 e. The van der Waals surface area contributed by atoms with Gasteiger partial charge in [-0.15, -0.1) is 0 Å². The summed E-state index contributed by atoms with van der Waals surface area (Å²) in [5.74, 6) is -1.32. The number of carbonyl (C=O) groups excluding carboxylic acids is 3. The molecule has 2 rings (SSSR count). The summed E-state index contributed by atoms with van der Waals surface area (Å²) < 4.78 is 33.6. The van der Waals surface area contributed by atoms with Crippen molar-refractivity contribution in [1.29, 1.82) is 0 Å². The van der Waals surface area contributed by atoms with E-state index in [-0.39, 0.29) is 17.4 Å². The zero-order chi connectivity index (χ0) is 23.2. The van der Waals surface area contributed by atoms with Crippen LogP contribution < -0.4 is 10.1 Å². The van der Waals surface area contributed by atoms with E-state index in [9.17, 15) is 22.8 Å². The quantitative estimate of drug-likeness (QED) is 0.554. The van der Waals surface area contributed by atoms with Crippen molar-refractivity contribution < 1.29 is 32.3 Å². The molecule has 1 aromatic carbocycles. The van der Waals surface area contributed by atoms with E-state index in [4.69, 9.17) is 9.47 Å². The molecule has 0 saturated carbocycles. The molecule has 0 bridgehead atoms. The molecule has 31 heavy (non-hydrogen) atoms. The van der Waals surface area contributed by atoms with Crippen LogP contribution >= 0.6 is 0 Å². The highest BCUT2D eigenvalue weighted by Gasteiger charge is 2.34. The minimum Gasteiger partial charge on any atom is -0.497 e. The lowest BCUT2D eigenvalue weighted by atomic mass is 10.0. The van der Waals surface area contributed by atoms with Gasteiger partial charge in [-0.05, 0) is 43.5 Å². The van der Waals surface area contributed by atoms with Crippen LogP contribution in [-0.4, -0.2) is 75.0 Å². The summed E-state index contributed by atoms with van der Waals surface area (Å²) in [6, 6.07) is 5.09. The average Bonchev–Trinajstić information content (AvgIpc) is 3.09. The molecule has 0 aliphatic carbocycles. The van der Waals surface area contributed by atoms with E-state index in [0.717, 1.165) is 0 Å². The average molecular weight is 455 g/mol. The molecule has 1 fully saturated rings. The van der Waals surface area contributed by atoms with Gasteiger partial charge in [0, 0.05) is 18.2 Å². The summed E-state index contributed by atoms with van der Waals surface area (Å²) in [5, 5.41) is 2.64. The van der Waals surface area contributed by atoms with E-state index in [0.29, 0.717) is 24.3 Å². The summed E-state index contributed by atoms with van der Waals surface area (Å²) in [6.07, 6.45) is 0.377. The van der Waals surface area contributed by atoms with Crippen molar-refractivity contribution in [2.24, 2.45) is 5.92 Å². The molecule has 1 aliphatic heterocycles. The van der Waals surface area contributed by atoms with Gasteiger partial charge in [0.1, 0.15) is 11.8 Å². The number of carbonyl (C=O) groups is 3. The second-order valence-corrected chi connectivity index (χ2v) is 10.00. The second-order valence-electron chi connectivity index (χ2n) is 7.77. The van der Waals surface area contributed by atoms with Crippen molar-refractivity contribution in [2.45, 2.75) is 39.3 Å². The molecule has 9 nitrogen and oxygen atoms in total. The third-order valence-corrected chi connectivity index (χ3v) is 6.96. The Labute approximate surface area is 183 Å². The molecule has 10 heteroatoms. The van der Waals surface area contributed by atoms with Crippen LogP contribution in [-0.2, 0) is 24.2 Å². The summed E-state index contributed by atoms with van der Waals surface area (Å²) in [4.78, 5) is 39.0. The lowest BCUT2D eigenvalue weighted by Crippen LogP contribution is -2.47. The molecular weight excluding hydrogens is 424 g/mol. The predicted octanol–water partition coefficient (Wildman–Crippen LogP) is 1.03. The van der Waals surface area contributed by atoms with Gasteiger partial charge in [0.05, 0.1) is 18.6 Å². The van der Waals surface area contributed by atoms with E-state index in [1.54, 1.807) is 45.0 Å². The molecule has 0 spiro atoms. The Morgan fingerprint density at radius 3 is 2.32 bits per heavy atom. The number of benzene rings is 1. The van der Waals surface area contributed by atoms with Gasteiger partial charge in [-0.3, -0.25) is 9.59 Å². The number of rotatable bonds is 9. The van der Waals surface area contributed by atoms with Crippen LogP contribution in [0.3, 0.4) is 0 Å². The van der Waals surface area contributed by atoms with E-state index in [1.807, 2.05) is 0 Å². The zero-order valence-corrected chi connectivity index (χ0v) is 19.1. The first kappa shape index (κ1) is 24.6. The van der Waals surface area contributed by atoms with Gasteiger partial charge in [0.25, 0.3) is 11.8 Å². The first-order valence-electron chi connectivity index (χ1n) is 10.2. The fraction of sp³-hybridized carbons (Fsp3) is 0.571. The minimum atomic E-state index is -3.14. The lowest BCUT2D eigenvalue weighted by molar-refractivity contribution is -0.155. The van der Waals surface area contributed by atoms with Crippen molar-refractivity contribution in [3.63, 3.8) is 0 Å². The molecule has 2 atom stereocenters. The standard InChI is InChI=1S/C21H30N2O7S/c1-5-23(16-10-11-31(27,28)13-16)18(24)12-30-21(26)19(14(2)3)22-20(25)15-6-8-17(29-4)9-7-15/h6-9,14,16,19H,5,10-13H2,1-4H3,(H,22,25). The molecule has 0 radical (unpaired) electrons. The third-order valence-electron chi connectivity index (χ3n) is 5.21. The monoisotopic (exact) mass is 454 g/mol. The number of hydrogen-bond donors (Lipinski definition) is 1. The Kier molecular flexibility index (Phi) is 8.43. The summed E-state index contributed by atoms with van der Waals surface area (Å²) in [7, 11) is -1.62. The molecule has 1 saturated heterocycles. The van der Waals surface area contributed by atoms with Gasteiger partial charge in [-0.1, -0.05) is 13.8 Å². The summed E-state index contributed by atoms with van der Waals surface area (Å²) in [5.41, 5.74) is 0.356. The number of methoxy groups -OCH3 is 1. The SMILES string of the molecule is CCN(C(=O)COC(=O)C(NC(=O)c1ccc(OC)cc1)C(C)C)C1CCS(=O)(=O)C1. The van der Waals surface area contributed by atoms with Gasteiger partial charge in [-0.2, -0.15) is 0 Å². The van der Waals surface area contributed by atoms with Crippen molar-refractivity contribution >= 4 is 27.6 Å². The first-order chi connectivity index (χ1) is 14.6. The van der Waals surface area contributed by atoms with Crippen molar-refractivity contribution in [2.75, 3.05) is 31.8 Å². The maximum absolute atomic E-state index is 12.6. The number of nitrogens with zero attached hydrogens (tertiary/aromatic N) is 1. The number of hydrogen-bond acceptors (Lipinski definition) is 7. The van der Waals surface area contributed by atoms with Crippen LogP contribution in [0.2, 0.25) is 0 Å². The Morgan fingerprint density at radius 1 is 1.19 bits per heavy atom. The largest absolute Gasteiger partial charge is 0.497 e. The predicted molar refractivity (Wildman–Crippen MR) is 114 cm³/mol. The van der Waals surface area contributed by atoms with Gasteiger partial charge >= 0.3 is 5.97 Å². The third kappa shape index (κ3) is 6.68. The van der Waals surface area contributed by atoms with Crippen molar-refractivity contribution in [1.82, 2.24) is 10.2 Å². The normalized spacial score (nSPS) is 18.3. The summed E-state index contributed by atoms with van der Waals surface area (Å²) in [6.45, 7) is 5.06. The molecule has 172 valence electrons. The van der Waals surface area contributed by atoms with Crippen LogP contribution in [0.5, 0.6) is 5.75 Å². The van der Waals surface area contributed by atoms with Gasteiger partial charge in [0.2, 0.25) is 0 Å². The maximum atomic E-state index is 12.6. The zero-order valence-electron chi connectivity index (χ0n) is 18.3. The molecular formula is C21H30N2O7S. The second kappa shape index (κ2) is 10.6. The number of esters is 1. The van der Waals surface area contributed by atoms with E-state index < -0.39 is 46.3 Å². The van der Waals surface area contributed by atoms with Crippen LogP contribution in [0.4, 0.5) is 0 Å². The molecule has 1 aromatic rings. The Bertz CT molecular complexity index is 897. The molecule has 2 unspecified atom stereocenters. The molecule has 2 amide bonds. The van der Waals surface area contributed by atoms with Gasteiger partial charge in [-0.25, -0.2) is 13.2 Å². The van der Waals surface area contributed by atoms with Gasteiger partial charge in [0.15, 0.2) is 16.4 Å². The number of ether oxygens (including phenoxy) is 2.